The number of anilines is 1. The topological polar surface area (TPSA) is 73.6 Å². The van der Waals surface area contributed by atoms with Crippen molar-refractivity contribution in [1.29, 1.82) is 0 Å². The number of carbonyl (C=O) groups is 1. The van der Waals surface area contributed by atoms with E-state index >= 15 is 0 Å². The Balaban J connectivity index is 0.00000361. The zero-order valence-electron chi connectivity index (χ0n) is 10.8. The molecule has 20 heavy (non-hydrogen) atoms. The monoisotopic (exact) mass is 310 g/mol. The van der Waals surface area contributed by atoms with Gasteiger partial charge in [0.05, 0.1) is 12.5 Å². The second-order valence-electron chi connectivity index (χ2n) is 3.75. The first kappa shape index (κ1) is 18.6. The molecule has 1 aromatic rings. The summed E-state index contributed by atoms with van der Waals surface area (Å²) >= 11 is 0. The predicted molar refractivity (Wildman–Crippen MR) is 73.4 cm³/mol. The van der Waals surface area contributed by atoms with Crippen molar-refractivity contribution in [2.45, 2.75) is 19.1 Å². The first-order chi connectivity index (χ1) is 9.05. The maximum absolute atomic E-state index is 11.9. The summed E-state index contributed by atoms with van der Waals surface area (Å²) in [4.78, 5) is 11.6. The second kappa shape index (κ2) is 9.46. The van der Waals surface area contributed by atoms with Gasteiger partial charge in [-0.25, -0.2) is 0 Å². The molecule has 3 N–H and O–H groups in total. The van der Waals surface area contributed by atoms with Crippen LogP contribution in [0, 0.1) is 0 Å². The SMILES string of the molecule is COC(CN)CC(=O)Nc1ccc(OC(F)F)cc1.Cl. The largest absolute Gasteiger partial charge is 0.435 e. The number of amides is 1. The lowest BCUT2D eigenvalue weighted by molar-refractivity contribution is -0.118. The summed E-state index contributed by atoms with van der Waals surface area (Å²) < 4.78 is 33.0. The number of hydrogen-bond acceptors (Lipinski definition) is 4. The van der Waals surface area contributed by atoms with E-state index in [9.17, 15) is 13.6 Å². The van der Waals surface area contributed by atoms with Gasteiger partial charge in [0, 0.05) is 19.3 Å². The summed E-state index contributed by atoms with van der Waals surface area (Å²) in [6.07, 6.45) is -0.219. The number of rotatable bonds is 7. The fraction of sp³-hybridized carbons (Fsp3) is 0.417. The van der Waals surface area contributed by atoms with Gasteiger partial charge in [0.1, 0.15) is 5.75 Å². The molecule has 1 rings (SSSR count). The standard InChI is InChI=1S/C12H16F2N2O3.ClH/c1-18-10(7-15)6-11(17)16-8-2-4-9(5-3-8)19-12(13)14;/h2-5,10,12H,6-7,15H2,1H3,(H,16,17);1H. The van der Waals surface area contributed by atoms with Crippen LogP contribution in [0.3, 0.4) is 0 Å². The summed E-state index contributed by atoms with van der Waals surface area (Å²) in [6, 6.07) is 5.64. The number of nitrogens with one attached hydrogen (secondary N) is 1. The van der Waals surface area contributed by atoms with Gasteiger partial charge in [-0.2, -0.15) is 8.78 Å². The van der Waals surface area contributed by atoms with Crippen LogP contribution >= 0.6 is 12.4 Å². The van der Waals surface area contributed by atoms with E-state index in [1.165, 1.54) is 31.4 Å². The van der Waals surface area contributed by atoms with Crippen molar-refractivity contribution < 1.29 is 23.0 Å². The molecule has 0 bridgehead atoms. The molecule has 0 radical (unpaired) electrons. The molecule has 1 atom stereocenters. The number of methoxy groups -OCH3 is 1. The molecule has 5 nitrogen and oxygen atoms in total. The number of hydrogen-bond donors (Lipinski definition) is 2. The van der Waals surface area contributed by atoms with E-state index in [4.69, 9.17) is 10.5 Å². The zero-order valence-corrected chi connectivity index (χ0v) is 11.7. The lowest BCUT2D eigenvalue weighted by Gasteiger charge is -2.12. The highest BCUT2D eigenvalue weighted by molar-refractivity contribution is 5.91. The van der Waals surface area contributed by atoms with E-state index in [1.54, 1.807) is 0 Å². The van der Waals surface area contributed by atoms with E-state index in [-0.39, 0.29) is 43.1 Å². The summed E-state index contributed by atoms with van der Waals surface area (Å²) in [5.41, 5.74) is 5.88. The first-order valence-corrected chi connectivity index (χ1v) is 5.62. The van der Waals surface area contributed by atoms with Crippen molar-refractivity contribution in [3.63, 3.8) is 0 Å². The molecule has 8 heteroatoms. The minimum atomic E-state index is -2.87. The molecule has 0 aliphatic rings. The van der Waals surface area contributed by atoms with E-state index in [0.29, 0.717) is 5.69 Å². The van der Waals surface area contributed by atoms with Crippen LogP contribution in [-0.4, -0.2) is 32.3 Å². The van der Waals surface area contributed by atoms with E-state index in [2.05, 4.69) is 10.1 Å². The van der Waals surface area contributed by atoms with Crippen molar-refractivity contribution in [1.82, 2.24) is 0 Å². The maximum Gasteiger partial charge on any atom is 0.387 e. The average molecular weight is 311 g/mol. The molecule has 1 aromatic carbocycles. The summed E-state index contributed by atoms with van der Waals surface area (Å²) in [5, 5.41) is 2.60. The van der Waals surface area contributed by atoms with Crippen LogP contribution in [0.4, 0.5) is 14.5 Å². The highest BCUT2D eigenvalue weighted by atomic mass is 35.5. The van der Waals surface area contributed by atoms with Gasteiger partial charge in [-0.05, 0) is 24.3 Å². The van der Waals surface area contributed by atoms with Gasteiger partial charge in [-0.3, -0.25) is 4.79 Å². The number of ether oxygens (including phenoxy) is 2. The third-order valence-electron chi connectivity index (χ3n) is 2.37. The minimum absolute atomic E-state index is 0. The number of alkyl halides is 2. The van der Waals surface area contributed by atoms with Crippen molar-refractivity contribution in [2.75, 3.05) is 19.0 Å². The molecule has 0 fully saturated rings. The zero-order chi connectivity index (χ0) is 14.3. The van der Waals surface area contributed by atoms with Gasteiger partial charge in [-0.15, -0.1) is 12.4 Å². The Bertz CT molecular complexity index is 400. The Kier molecular flexibility index (Phi) is 8.78. The Morgan fingerprint density at radius 3 is 2.40 bits per heavy atom. The van der Waals surface area contributed by atoms with Crippen molar-refractivity contribution in [3.8, 4) is 5.75 Å². The average Bonchev–Trinajstić information content (AvgIpc) is 2.37. The lowest BCUT2D eigenvalue weighted by atomic mass is 10.2. The highest BCUT2D eigenvalue weighted by Gasteiger charge is 2.11. The lowest BCUT2D eigenvalue weighted by Crippen LogP contribution is -2.28. The minimum Gasteiger partial charge on any atom is -0.435 e. The van der Waals surface area contributed by atoms with Crippen LogP contribution in [0.5, 0.6) is 5.75 Å². The highest BCUT2D eigenvalue weighted by Crippen LogP contribution is 2.17. The third-order valence-corrected chi connectivity index (χ3v) is 2.37. The molecule has 1 amide bonds. The molecule has 0 spiro atoms. The molecule has 1 unspecified atom stereocenters. The van der Waals surface area contributed by atoms with Gasteiger partial charge in [-0.1, -0.05) is 0 Å². The van der Waals surface area contributed by atoms with Gasteiger partial charge < -0.3 is 20.5 Å². The van der Waals surface area contributed by atoms with E-state index < -0.39 is 6.61 Å². The quantitative estimate of drug-likeness (QED) is 0.808. The van der Waals surface area contributed by atoms with E-state index in [1.807, 2.05) is 0 Å². The van der Waals surface area contributed by atoms with Gasteiger partial charge in [0.15, 0.2) is 0 Å². The Hall–Kier alpha value is -1.44. The fourth-order valence-electron chi connectivity index (χ4n) is 1.40. The van der Waals surface area contributed by atoms with Crippen LogP contribution in [0.1, 0.15) is 6.42 Å². The number of carbonyl (C=O) groups excluding carboxylic acids is 1. The Morgan fingerprint density at radius 2 is 1.95 bits per heavy atom. The maximum atomic E-state index is 11.9. The molecule has 0 aliphatic heterocycles. The predicted octanol–water partition coefficient (Wildman–Crippen LogP) is 2.01. The van der Waals surface area contributed by atoms with E-state index in [0.717, 1.165) is 0 Å². The third kappa shape index (κ3) is 6.65. The Morgan fingerprint density at radius 1 is 1.35 bits per heavy atom. The molecule has 114 valence electrons. The van der Waals surface area contributed by atoms with Crippen molar-refractivity contribution in [2.24, 2.45) is 5.73 Å². The molecule has 0 saturated heterocycles. The summed E-state index contributed by atoms with van der Waals surface area (Å²) in [5.74, 6) is -0.232. The van der Waals surface area contributed by atoms with Crippen LogP contribution < -0.4 is 15.8 Å². The van der Waals surface area contributed by atoms with Crippen molar-refractivity contribution in [3.05, 3.63) is 24.3 Å². The van der Waals surface area contributed by atoms with Gasteiger partial charge >= 0.3 is 6.61 Å². The van der Waals surface area contributed by atoms with Crippen LogP contribution in [0.25, 0.3) is 0 Å². The van der Waals surface area contributed by atoms with Crippen LogP contribution in [0.2, 0.25) is 0 Å². The number of benzene rings is 1. The van der Waals surface area contributed by atoms with Crippen molar-refractivity contribution >= 4 is 24.0 Å². The molecular formula is C12H17ClF2N2O3. The summed E-state index contributed by atoms with van der Waals surface area (Å²) in [6.45, 7) is -2.63. The smallest absolute Gasteiger partial charge is 0.387 e. The Labute approximate surface area is 121 Å². The number of nitrogens with two attached hydrogens (primary N) is 1. The van der Waals surface area contributed by atoms with Gasteiger partial charge in [0.2, 0.25) is 5.91 Å². The van der Waals surface area contributed by atoms with Crippen LogP contribution in [0.15, 0.2) is 24.3 Å². The molecule has 0 heterocycles. The molecule has 0 aromatic heterocycles. The summed E-state index contributed by atoms with van der Waals surface area (Å²) in [7, 11) is 1.47. The van der Waals surface area contributed by atoms with Gasteiger partial charge in [0.25, 0.3) is 0 Å². The molecular weight excluding hydrogens is 294 g/mol. The molecule has 0 aliphatic carbocycles. The van der Waals surface area contributed by atoms with Crippen LogP contribution in [-0.2, 0) is 9.53 Å². The first-order valence-electron chi connectivity index (χ1n) is 5.62. The normalized spacial score (nSPS) is 11.7. The molecule has 0 saturated carbocycles. The number of halogens is 3. The fourth-order valence-corrected chi connectivity index (χ4v) is 1.40. The second-order valence-corrected chi connectivity index (χ2v) is 3.75.